The van der Waals surface area contributed by atoms with Crippen molar-refractivity contribution in [1.82, 2.24) is 10.2 Å². The van der Waals surface area contributed by atoms with Gasteiger partial charge in [0.05, 0.1) is 5.92 Å². The maximum absolute atomic E-state index is 11.4. The quantitative estimate of drug-likeness (QED) is 0.828. The van der Waals surface area contributed by atoms with E-state index in [4.69, 9.17) is 0 Å². The van der Waals surface area contributed by atoms with E-state index in [2.05, 4.69) is 22.3 Å². The van der Waals surface area contributed by atoms with Gasteiger partial charge in [-0.25, -0.2) is 0 Å². The number of nitrogens with one attached hydrogen (secondary N) is 1. The molecular weight excluding hydrogens is 228 g/mol. The van der Waals surface area contributed by atoms with Crippen molar-refractivity contribution in [1.29, 1.82) is 0 Å². The first kappa shape index (κ1) is 11.7. The molecule has 0 bridgehead atoms. The Labute approximate surface area is 107 Å². The number of carboxylic acids is 1. The van der Waals surface area contributed by atoms with Crippen LogP contribution in [0, 0.1) is 11.3 Å². The highest BCUT2D eigenvalue weighted by atomic mass is 16.4. The molecule has 2 fully saturated rings. The van der Waals surface area contributed by atoms with Crippen LogP contribution in [0.4, 0.5) is 0 Å². The van der Waals surface area contributed by atoms with E-state index in [-0.39, 0.29) is 11.3 Å². The van der Waals surface area contributed by atoms with E-state index in [1.807, 2.05) is 18.2 Å². The van der Waals surface area contributed by atoms with E-state index in [0.717, 1.165) is 26.2 Å². The fourth-order valence-electron chi connectivity index (χ4n) is 3.18. The van der Waals surface area contributed by atoms with Gasteiger partial charge in [0.2, 0.25) is 0 Å². The molecule has 1 spiro atoms. The topological polar surface area (TPSA) is 52.6 Å². The van der Waals surface area contributed by atoms with Gasteiger partial charge in [0, 0.05) is 38.1 Å². The van der Waals surface area contributed by atoms with Crippen molar-refractivity contribution in [3.63, 3.8) is 0 Å². The van der Waals surface area contributed by atoms with E-state index in [0.29, 0.717) is 6.54 Å². The second-order valence-corrected chi connectivity index (χ2v) is 5.51. The van der Waals surface area contributed by atoms with Gasteiger partial charge in [-0.15, -0.1) is 0 Å². The smallest absolute Gasteiger partial charge is 0.308 e. The largest absolute Gasteiger partial charge is 0.481 e. The summed E-state index contributed by atoms with van der Waals surface area (Å²) in [4.78, 5) is 13.6. The number of benzene rings is 1. The van der Waals surface area contributed by atoms with Gasteiger partial charge < -0.3 is 10.4 Å². The first-order valence-electron chi connectivity index (χ1n) is 6.39. The SMILES string of the molecule is O=C(O)[C@@H]1CN(Cc2ccccc2)CC12CNC2. The predicted molar refractivity (Wildman–Crippen MR) is 68.1 cm³/mol. The second kappa shape index (κ2) is 4.37. The van der Waals surface area contributed by atoms with Crippen LogP contribution in [0.25, 0.3) is 0 Å². The molecule has 0 unspecified atom stereocenters. The fraction of sp³-hybridized carbons (Fsp3) is 0.500. The monoisotopic (exact) mass is 246 g/mol. The molecule has 2 aliphatic heterocycles. The minimum atomic E-state index is -0.646. The molecule has 0 saturated carbocycles. The summed E-state index contributed by atoms with van der Waals surface area (Å²) in [5, 5.41) is 12.6. The molecule has 2 heterocycles. The molecule has 1 aromatic rings. The third kappa shape index (κ3) is 1.91. The molecule has 1 atom stereocenters. The third-order valence-corrected chi connectivity index (χ3v) is 4.22. The maximum Gasteiger partial charge on any atom is 0.308 e. The Balaban J connectivity index is 1.71. The number of hydrogen-bond acceptors (Lipinski definition) is 3. The van der Waals surface area contributed by atoms with Crippen molar-refractivity contribution in [2.45, 2.75) is 6.54 Å². The summed E-state index contributed by atoms with van der Waals surface area (Å²) < 4.78 is 0. The summed E-state index contributed by atoms with van der Waals surface area (Å²) in [5.74, 6) is -0.866. The zero-order valence-electron chi connectivity index (χ0n) is 10.3. The van der Waals surface area contributed by atoms with E-state index in [1.54, 1.807) is 0 Å². The molecule has 4 nitrogen and oxygen atoms in total. The van der Waals surface area contributed by atoms with Crippen molar-refractivity contribution in [3.8, 4) is 0 Å². The number of carbonyl (C=O) groups is 1. The summed E-state index contributed by atoms with van der Waals surface area (Å²) in [6.45, 7) is 4.11. The number of hydrogen-bond donors (Lipinski definition) is 2. The Bertz CT molecular complexity index is 442. The molecular formula is C14H18N2O2. The highest BCUT2D eigenvalue weighted by Crippen LogP contribution is 2.40. The summed E-state index contributed by atoms with van der Waals surface area (Å²) in [6, 6.07) is 10.3. The van der Waals surface area contributed by atoms with Crippen LogP contribution in [0.2, 0.25) is 0 Å². The van der Waals surface area contributed by atoms with Crippen molar-refractivity contribution >= 4 is 5.97 Å². The highest BCUT2D eigenvalue weighted by Gasteiger charge is 2.53. The molecule has 18 heavy (non-hydrogen) atoms. The average Bonchev–Trinajstić information content (AvgIpc) is 2.70. The lowest BCUT2D eigenvalue weighted by atomic mass is 9.73. The normalized spacial score (nSPS) is 26.1. The maximum atomic E-state index is 11.4. The van der Waals surface area contributed by atoms with Crippen LogP contribution in [-0.2, 0) is 11.3 Å². The van der Waals surface area contributed by atoms with Crippen molar-refractivity contribution in [2.75, 3.05) is 26.2 Å². The molecule has 4 heteroatoms. The zero-order chi connectivity index (χ0) is 12.6. The number of nitrogens with zero attached hydrogens (tertiary/aromatic N) is 1. The molecule has 0 amide bonds. The van der Waals surface area contributed by atoms with Crippen LogP contribution in [0.5, 0.6) is 0 Å². The average molecular weight is 246 g/mol. The summed E-state index contributed by atoms with van der Waals surface area (Å²) in [5.41, 5.74) is 1.23. The Kier molecular flexibility index (Phi) is 2.84. The van der Waals surface area contributed by atoms with Gasteiger partial charge in [0.25, 0.3) is 0 Å². The van der Waals surface area contributed by atoms with Gasteiger partial charge in [0.1, 0.15) is 0 Å². The number of rotatable bonds is 3. The third-order valence-electron chi connectivity index (χ3n) is 4.22. The Morgan fingerprint density at radius 3 is 2.61 bits per heavy atom. The number of likely N-dealkylation sites (tertiary alicyclic amines) is 1. The van der Waals surface area contributed by atoms with E-state index in [1.165, 1.54) is 5.56 Å². The molecule has 2 N–H and O–H groups in total. The number of carboxylic acid groups (broad SMARTS) is 1. The summed E-state index contributed by atoms with van der Waals surface area (Å²) in [7, 11) is 0. The molecule has 2 aliphatic rings. The predicted octanol–water partition coefficient (Wildman–Crippen LogP) is 0.793. The fourth-order valence-corrected chi connectivity index (χ4v) is 3.18. The van der Waals surface area contributed by atoms with Crippen LogP contribution < -0.4 is 5.32 Å². The molecule has 96 valence electrons. The first-order chi connectivity index (χ1) is 8.70. The van der Waals surface area contributed by atoms with Crippen molar-refractivity contribution in [3.05, 3.63) is 35.9 Å². The minimum Gasteiger partial charge on any atom is -0.481 e. The minimum absolute atomic E-state index is 0.0272. The van der Waals surface area contributed by atoms with Gasteiger partial charge in [-0.1, -0.05) is 30.3 Å². The molecule has 0 aromatic heterocycles. The van der Waals surface area contributed by atoms with E-state index < -0.39 is 5.97 Å². The van der Waals surface area contributed by atoms with Crippen LogP contribution in [0.3, 0.4) is 0 Å². The summed E-state index contributed by atoms with van der Waals surface area (Å²) in [6.07, 6.45) is 0. The van der Waals surface area contributed by atoms with Gasteiger partial charge in [0.15, 0.2) is 0 Å². The van der Waals surface area contributed by atoms with E-state index in [9.17, 15) is 9.90 Å². The lowest BCUT2D eigenvalue weighted by Crippen LogP contribution is -2.59. The Morgan fingerprint density at radius 1 is 1.39 bits per heavy atom. The Hall–Kier alpha value is -1.39. The molecule has 0 aliphatic carbocycles. The van der Waals surface area contributed by atoms with Crippen molar-refractivity contribution in [2.24, 2.45) is 11.3 Å². The molecule has 0 radical (unpaired) electrons. The Morgan fingerprint density at radius 2 is 2.11 bits per heavy atom. The van der Waals surface area contributed by atoms with Gasteiger partial charge >= 0.3 is 5.97 Å². The molecule has 3 rings (SSSR count). The van der Waals surface area contributed by atoms with Gasteiger partial charge in [-0.3, -0.25) is 9.69 Å². The summed E-state index contributed by atoms with van der Waals surface area (Å²) >= 11 is 0. The molecule has 1 aromatic carbocycles. The lowest BCUT2D eigenvalue weighted by Gasteiger charge is -2.42. The van der Waals surface area contributed by atoms with Gasteiger partial charge in [-0.2, -0.15) is 0 Å². The van der Waals surface area contributed by atoms with Crippen LogP contribution >= 0.6 is 0 Å². The van der Waals surface area contributed by atoms with E-state index >= 15 is 0 Å². The van der Waals surface area contributed by atoms with Crippen LogP contribution in [0.15, 0.2) is 30.3 Å². The van der Waals surface area contributed by atoms with Crippen molar-refractivity contribution < 1.29 is 9.90 Å². The lowest BCUT2D eigenvalue weighted by molar-refractivity contribution is -0.145. The van der Waals surface area contributed by atoms with Crippen LogP contribution in [0.1, 0.15) is 5.56 Å². The van der Waals surface area contributed by atoms with Gasteiger partial charge in [-0.05, 0) is 5.56 Å². The highest BCUT2D eigenvalue weighted by molar-refractivity contribution is 5.72. The first-order valence-corrected chi connectivity index (χ1v) is 6.39. The molecule has 2 saturated heterocycles. The standard InChI is InChI=1S/C14H18N2O2/c17-13(18)12-7-16(10-14(12)8-15-9-14)6-11-4-2-1-3-5-11/h1-5,12,15H,6-10H2,(H,17,18)/t12-/m0/s1. The van der Waals surface area contributed by atoms with Crippen LogP contribution in [-0.4, -0.2) is 42.2 Å². The number of aliphatic carboxylic acids is 1. The zero-order valence-corrected chi connectivity index (χ0v) is 10.3. The second-order valence-electron chi connectivity index (χ2n) is 5.51.